The molecule has 0 spiro atoms. The number of carbonyl (C=O) groups excluding carboxylic acids is 1. The molecule has 1 aliphatic rings. The molecule has 1 unspecified atom stereocenters. The predicted octanol–water partition coefficient (Wildman–Crippen LogP) is 2.01. The predicted molar refractivity (Wildman–Crippen MR) is 109 cm³/mol. The highest BCUT2D eigenvalue weighted by Gasteiger charge is 2.20. The summed E-state index contributed by atoms with van der Waals surface area (Å²) in [5, 5.41) is 10.4. The van der Waals surface area contributed by atoms with Crippen LogP contribution in [0.4, 0.5) is 0 Å². The second-order valence-corrected chi connectivity index (χ2v) is 7.14. The molecule has 2 N–H and O–H groups in total. The van der Waals surface area contributed by atoms with E-state index in [0.717, 1.165) is 19.5 Å². The number of benzene rings is 2. The number of aliphatic hydroxyl groups is 1. The normalized spacial score (nSPS) is 17.5. The largest absolute Gasteiger partial charge is 0.493 e. The van der Waals surface area contributed by atoms with Crippen LogP contribution in [0.15, 0.2) is 54.6 Å². The van der Waals surface area contributed by atoms with Crippen molar-refractivity contribution in [1.29, 1.82) is 0 Å². The lowest BCUT2D eigenvalue weighted by Crippen LogP contribution is -3.13. The van der Waals surface area contributed by atoms with E-state index in [4.69, 9.17) is 9.47 Å². The molecule has 148 valence electrons. The fourth-order valence-electron chi connectivity index (χ4n) is 3.47. The molecule has 1 heterocycles. The zero-order valence-corrected chi connectivity index (χ0v) is 16.5. The Morgan fingerprint density at radius 1 is 1.18 bits per heavy atom. The van der Waals surface area contributed by atoms with Gasteiger partial charge in [-0.25, -0.2) is 0 Å². The van der Waals surface area contributed by atoms with Crippen molar-refractivity contribution in [2.75, 3.05) is 33.4 Å². The molecule has 0 aliphatic carbocycles. The molecule has 28 heavy (non-hydrogen) atoms. The van der Waals surface area contributed by atoms with Crippen molar-refractivity contribution >= 4 is 11.4 Å². The highest BCUT2D eigenvalue weighted by atomic mass is 16.5. The van der Waals surface area contributed by atoms with E-state index in [1.54, 1.807) is 18.2 Å². The lowest BCUT2D eigenvalue weighted by atomic mass is 9.99. The van der Waals surface area contributed by atoms with E-state index in [2.05, 4.69) is 30.3 Å². The van der Waals surface area contributed by atoms with Crippen LogP contribution in [0.5, 0.6) is 11.5 Å². The summed E-state index contributed by atoms with van der Waals surface area (Å²) in [6.45, 7) is 4.23. The Labute approximate surface area is 166 Å². The first-order chi connectivity index (χ1) is 13.6. The molecule has 0 bridgehead atoms. The van der Waals surface area contributed by atoms with Crippen molar-refractivity contribution < 1.29 is 24.3 Å². The third kappa shape index (κ3) is 5.21. The van der Waals surface area contributed by atoms with Crippen LogP contribution in [-0.2, 0) is 0 Å². The van der Waals surface area contributed by atoms with Gasteiger partial charge < -0.3 is 19.5 Å². The summed E-state index contributed by atoms with van der Waals surface area (Å²) in [7, 11) is 1.54. The number of hydrogen-bond donors (Lipinski definition) is 2. The van der Waals surface area contributed by atoms with Gasteiger partial charge in [0, 0.05) is 12.0 Å². The van der Waals surface area contributed by atoms with E-state index < -0.39 is 6.10 Å². The molecule has 1 aliphatic heterocycles. The summed E-state index contributed by atoms with van der Waals surface area (Å²) >= 11 is 0. The number of carbonyl (C=O) groups is 1. The summed E-state index contributed by atoms with van der Waals surface area (Å²) in [4.78, 5) is 12.8. The summed E-state index contributed by atoms with van der Waals surface area (Å²) < 4.78 is 11.0. The quantitative estimate of drug-likeness (QED) is 0.686. The molecule has 0 aromatic heterocycles. The Bertz CT molecular complexity index is 832. The summed E-state index contributed by atoms with van der Waals surface area (Å²) in [5.41, 5.74) is 3.24. The third-order valence-corrected chi connectivity index (χ3v) is 5.06. The molecule has 0 saturated carbocycles. The lowest BCUT2D eigenvalue weighted by Gasteiger charge is -2.26. The maximum atomic E-state index is 11.5. The van der Waals surface area contributed by atoms with Crippen molar-refractivity contribution in [2.45, 2.75) is 19.4 Å². The molecule has 2 atom stereocenters. The fraction of sp³-hybridized carbons (Fsp3) is 0.348. The molecule has 0 saturated heterocycles. The number of ether oxygens (including phenoxy) is 2. The number of aliphatic hydroxyl groups excluding tert-OH is 1. The van der Waals surface area contributed by atoms with Gasteiger partial charge >= 0.3 is 0 Å². The monoisotopic (exact) mass is 382 g/mol. The number of rotatable bonds is 8. The Balaban J connectivity index is 1.51. The maximum Gasteiger partial charge on any atom is 0.161 e. The van der Waals surface area contributed by atoms with Crippen LogP contribution in [0, 0.1) is 0 Å². The standard InChI is InChI=1S/C23H27NO4/c1-17(25)20-8-9-22(23(14-20)27-2)28-16-21(26)15-24-12-10-19(11-13-24)18-6-4-3-5-7-18/h3-10,14,21,26H,11-13,15-16H2,1-2H3/p+1/t21-/m0/s1. The minimum atomic E-state index is -0.570. The average Bonchev–Trinajstić information content (AvgIpc) is 2.73. The van der Waals surface area contributed by atoms with Gasteiger partial charge in [-0.2, -0.15) is 0 Å². The molecular formula is C23H28NO4+. The van der Waals surface area contributed by atoms with Gasteiger partial charge in [0.15, 0.2) is 17.3 Å². The minimum Gasteiger partial charge on any atom is -0.493 e. The Morgan fingerprint density at radius 3 is 2.61 bits per heavy atom. The second kappa shape index (κ2) is 9.53. The van der Waals surface area contributed by atoms with E-state index in [1.165, 1.54) is 30.1 Å². The Morgan fingerprint density at radius 2 is 1.96 bits per heavy atom. The minimum absolute atomic E-state index is 0.0264. The van der Waals surface area contributed by atoms with Crippen LogP contribution in [0.25, 0.3) is 5.57 Å². The van der Waals surface area contributed by atoms with Gasteiger partial charge in [0.05, 0.1) is 20.2 Å². The van der Waals surface area contributed by atoms with Crippen LogP contribution >= 0.6 is 0 Å². The van der Waals surface area contributed by atoms with Crippen LogP contribution in [0.1, 0.15) is 29.3 Å². The number of Topliss-reactive ketones (excluding diaryl/α,β-unsaturated/α-hetero) is 1. The van der Waals surface area contributed by atoms with Crippen molar-refractivity contribution in [2.24, 2.45) is 0 Å². The number of ketones is 1. The van der Waals surface area contributed by atoms with Crippen molar-refractivity contribution in [3.63, 3.8) is 0 Å². The fourth-order valence-corrected chi connectivity index (χ4v) is 3.47. The first kappa shape index (κ1) is 20.1. The zero-order chi connectivity index (χ0) is 19.9. The van der Waals surface area contributed by atoms with E-state index in [9.17, 15) is 9.90 Å². The van der Waals surface area contributed by atoms with Crippen molar-refractivity contribution in [3.05, 3.63) is 65.7 Å². The van der Waals surface area contributed by atoms with Gasteiger partial charge in [0.1, 0.15) is 19.3 Å². The third-order valence-electron chi connectivity index (χ3n) is 5.06. The van der Waals surface area contributed by atoms with Crippen molar-refractivity contribution in [3.8, 4) is 11.5 Å². The first-order valence-electron chi connectivity index (χ1n) is 9.64. The summed E-state index contributed by atoms with van der Waals surface area (Å²) in [6.07, 6.45) is 2.71. The molecule has 5 heteroatoms. The average molecular weight is 382 g/mol. The Kier molecular flexibility index (Phi) is 6.85. The highest BCUT2D eigenvalue weighted by Crippen LogP contribution is 2.28. The molecule has 0 radical (unpaired) electrons. The van der Waals surface area contributed by atoms with Gasteiger partial charge in [-0.3, -0.25) is 4.79 Å². The molecule has 5 nitrogen and oxygen atoms in total. The number of hydrogen-bond acceptors (Lipinski definition) is 4. The number of nitrogens with one attached hydrogen (secondary N) is 1. The van der Waals surface area contributed by atoms with Crippen LogP contribution in [-0.4, -0.2) is 50.3 Å². The molecular weight excluding hydrogens is 354 g/mol. The molecule has 3 rings (SSSR count). The van der Waals surface area contributed by atoms with Crippen molar-refractivity contribution in [1.82, 2.24) is 0 Å². The number of quaternary nitrogens is 1. The SMILES string of the molecule is COc1cc(C(C)=O)ccc1OC[C@@H](O)C[NH+]1CC=C(c2ccccc2)CC1. The van der Waals surface area contributed by atoms with E-state index >= 15 is 0 Å². The molecule has 2 aromatic carbocycles. The molecule has 2 aromatic rings. The Hall–Kier alpha value is -2.63. The van der Waals surface area contributed by atoms with Gasteiger partial charge in [0.2, 0.25) is 0 Å². The maximum absolute atomic E-state index is 11.5. The van der Waals surface area contributed by atoms with Gasteiger partial charge in [-0.15, -0.1) is 0 Å². The van der Waals surface area contributed by atoms with Gasteiger partial charge in [-0.1, -0.05) is 30.3 Å². The molecule has 0 amide bonds. The summed E-state index contributed by atoms with van der Waals surface area (Å²) in [6, 6.07) is 15.5. The zero-order valence-electron chi connectivity index (χ0n) is 16.5. The second-order valence-electron chi connectivity index (χ2n) is 7.14. The van der Waals surface area contributed by atoms with Gasteiger partial charge in [0.25, 0.3) is 0 Å². The van der Waals surface area contributed by atoms with E-state index in [-0.39, 0.29) is 12.4 Å². The number of methoxy groups -OCH3 is 1. The van der Waals surface area contributed by atoms with E-state index in [1.807, 2.05) is 6.07 Å². The summed E-state index contributed by atoms with van der Waals surface area (Å²) in [5.74, 6) is 1.01. The van der Waals surface area contributed by atoms with Crippen LogP contribution in [0.3, 0.4) is 0 Å². The first-order valence-corrected chi connectivity index (χ1v) is 9.64. The highest BCUT2D eigenvalue weighted by molar-refractivity contribution is 5.94. The van der Waals surface area contributed by atoms with Crippen LogP contribution < -0.4 is 14.4 Å². The topological polar surface area (TPSA) is 60.2 Å². The van der Waals surface area contributed by atoms with Crippen LogP contribution in [0.2, 0.25) is 0 Å². The smallest absolute Gasteiger partial charge is 0.161 e. The lowest BCUT2D eigenvalue weighted by molar-refractivity contribution is -0.898. The van der Waals surface area contributed by atoms with E-state index in [0.29, 0.717) is 23.6 Å². The van der Waals surface area contributed by atoms with Gasteiger partial charge in [-0.05, 0) is 42.3 Å². The molecule has 0 fully saturated rings.